The number of nitro groups is 1. The predicted octanol–water partition coefficient (Wildman–Crippen LogP) is 1.19. The third-order valence-electron chi connectivity index (χ3n) is 4.72. The standard InChI is InChI=1S/C19H20ClN5O5/c20-15-3-1-2-4-16(15)21-17(26)12-22-7-9-23(10-8-22)19(28)13-24-11-14(25(29)30)5-6-18(24)27/h1-6,11H,7-10,12-13H2,(H,21,26). The fourth-order valence-electron chi connectivity index (χ4n) is 3.11. The average molecular weight is 434 g/mol. The van der Waals surface area contributed by atoms with Crippen LogP contribution < -0.4 is 10.9 Å². The molecule has 0 atom stereocenters. The van der Waals surface area contributed by atoms with Gasteiger partial charge in [0.1, 0.15) is 6.54 Å². The molecule has 1 aliphatic heterocycles. The highest BCUT2D eigenvalue weighted by Gasteiger charge is 2.23. The Kier molecular flexibility index (Phi) is 6.80. The highest BCUT2D eigenvalue weighted by molar-refractivity contribution is 6.33. The van der Waals surface area contributed by atoms with Gasteiger partial charge in [-0.15, -0.1) is 0 Å². The summed E-state index contributed by atoms with van der Waals surface area (Å²) in [6.07, 6.45) is 1.07. The van der Waals surface area contributed by atoms with Crippen molar-refractivity contribution in [2.75, 3.05) is 38.0 Å². The van der Waals surface area contributed by atoms with E-state index in [1.165, 1.54) is 0 Å². The first-order chi connectivity index (χ1) is 14.3. The van der Waals surface area contributed by atoms with E-state index in [-0.39, 0.29) is 30.6 Å². The van der Waals surface area contributed by atoms with Gasteiger partial charge in [-0.3, -0.25) is 34.0 Å². The van der Waals surface area contributed by atoms with Gasteiger partial charge in [0.2, 0.25) is 11.8 Å². The molecule has 1 fully saturated rings. The molecule has 0 aliphatic carbocycles. The Bertz CT molecular complexity index is 1020. The first-order valence-electron chi connectivity index (χ1n) is 9.23. The minimum absolute atomic E-state index is 0.164. The number of aromatic nitrogens is 1. The molecular formula is C19H20ClN5O5. The first kappa shape index (κ1) is 21.5. The summed E-state index contributed by atoms with van der Waals surface area (Å²) in [5, 5.41) is 14.1. The molecule has 2 heterocycles. The third-order valence-corrected chi connectivity index (χ3v) is 5.05. The zero-order valence-electron chi connectivity index (χ0n) is 16.0. The zero-order chi connectivity index (χ0) is 21.7. The van der Waals surface area contributed by atoms with Crippen LogP contribution in [-0.4, -0.2) is 63.8 Å². The fraction of sp³-hybridized carbons (Fsp3) is 0.316. The number of nitrogens with zero attached hydrogens (tertiary/aromatic N) is 4. The number of rotatable bonds is 6. The SMILES string of the molecule is O=C(CN1CCN(C(=O)Cn2cc([N+](=O)[O-])ccc2=O)CC1)Nc1ccccc1Cl. The molecule has 0 unspecified atom stereocenters. The van der Waals surface area contributed by atoms with Gasteiger partial charge in [-0.25, -0.2) is 0 Å². The number of hydrogen-bond donors (Lipinski definition) is 1. The molecule has 2 aromatic rings. The monoisotopic (exact) mass is 433 g/mol. The Morgan fingerprint density at radius 3 is 2.43 bits per heavy atom. The molecule has 1 aliphatic rings. The summed E-state index contributed by atoms with van der Waals surface area (Å²) in [7, 11) is 0. The lowest BCUT2D eigenvalue weighted by molar-refractivity contribution is -0.385. The van der Waals surface area contributed by atoms with Crippen molar-refractivity contribution in [1.82, 2.24) is 14.4 Å². The maximum Gasteiger partial charge on any atom is 0.285 e. The smallest absolute Gasteiger partial charge is 0.285 e. The van der Waals surface area contributed by atoms with Crippen molar-refractivity contribution in [2.45, 2.75) is 6.54 Å². The number of halogens is 1. The second-order valence-corrected chi connectivity index (χ2v) is 7.20. The largest absolute Gasteiger partial charge is 0.339 e. The molecule has 2 amide bonds. The number of anilines is 1. The minimum Gasteiger partial charge on any atom is -0.339 e. The first-order valence-corrected chi connectivity index (χ1v) is 9.60. The van der Waals surface area contributed by atoms with Crippen molar-refractivity contribution in [3.8, 4) is 0 Å². The summed E-state index contributed by atoms with van der Waals surface area (Å²) in [6.45, 7) is 1.66. The van der Waals surface area contributed by atoms with E-state index in [2.05, 4.69) is 5.32 Å². The van der Waals surface area contributed by atoms with E-state index in [0.717, 1.165) is 22.9 Å². The van der Waals surface area contributed by atoms with Crippen molar-refractivity contribution in [2.24, 2.45) is 0 Å². The lowest BCUT2D eigenvalue weighted by atomic mass is 10.3. The summed E-state index contributed by atoms with van der Waals surface area (Å²) in [5.74, 6) is -0.510. The van der Waals surface area contributed by atoms with Gasteiger partial charge in [-0.2, -0.15) is 0 Å². The van der Waals surface area contributed by atoms with E-state index in [0.29, 0.717) is 36.9 Å². The summed E-state index contributed by atoms with van der Waals surface area (Å²) in [4.78, 5) is 50.3. The van der Waals surface area contributed by atoms with Gasteiger partial charge in [0.15, 0.2) is 0 Å². The molecule has 0 spiro atoms. The summed E-state index contributed by atoms with van der Waals surface area (Å²) in [5.41, 5.74) is -0.194. The molecule has 1 aromatic heterocycles. The van der Waals surface area contributed by atoms with Gasteiger partial charge in [-0.1, -0.05) is 23.7 Å². The van der Waals surface area contributed by atoms with E-state index >= 15 is 0 Å². The molecule has 11 heteroatoms. The van der Waals surface area contributed by atoms with Crippen molar-refractivity contribution < 1.29 is 14.5 Å². The molecule has 0 saturated carbocycles. The molecule has 10 nitrogen and oxygen atoms in total. The molecule has 30 heavy (non-hydrogen) atoms. The predicted molar refractivity (Wildman–Crippen MR) is 110 cm³/mol. The van der Waals surface area contributed by atoms with Crippen molar-refractivity contribution in [3.05, 3.63) is 68.1 Å². The van der Waals surface area contributed by atoms with E-state index in [9.17, 15) is 24.5 Å². The Labute approximate surface area is 176 Å². The Morgan fingerprint density at radius 1 is 1.07 bits per heavy atom. The van der Waals surface area contributed by atoms with Crippen molar-refractivity contribution >= 4 is 34.8 Å². The Hall–Kier alpha value is -3.24. The molecule has 1 saturated heterocycles. The van der Waals surface area contributed by atoms with Crippen molar-refractivity contribution in [1.29, 1.82) is 0 Å². The van der Waals surface area contributed by atoms with Crippen LogP contribution in [0.4, 0.5) is 11.4 Å². The maximum absolute atomic E-state index is 12.5. The molecule has 1 N–H and O–H groups in total. The van der Waals surface area contributed by atoms with Gasteiger partial charge in [-0.05, 0) is 12.1 Å². The highest BCUT2D eigenvalue weighted by atomic mass is 35.5. The van der Waals surface area contributed by atoms with Crippen LogP contribution in [0, 0.1) is 10.1 Å². The number of benzene rings is 1. The van der Waals surface area contributed by atoms with Gasteiger partial charge >= 0.3 is 0 Å². The number of hydrogen-bond acceptors (Lipinski definition) is 6. The number of carbonyl (C=O) groups excluding carboxylic acids is 2. The van der Waals surface area contributed by atoms with Gasteiger partial charge in [0.25, 0.3) is 11.2 Å². The number of pyridine rings is 1. The van der Waals surface area contributed by atoms with E-state index in [1.807, 2.05) is 4.90 Å². The second kappa shape index (κ2) is 9.51. The maximum atomic E-state index is 12.5. The number of carbonyl (C=O) groups is 2. The lowest BCUT2D eigenvalue weighted by Crippen LogP contribution is -2.51. The van der Waals surface area contributed by atoms with Crippen LogP contribution in [0.1, 0.15) is 0 Å². The molecule has 0 radical (unpaired) electrons. The van der Waals surface area contributed by atoms with Crippen LogP contribution in [0.2, 0.25) is 5.02 Å². The molecule has 158 valence electrons. The summed E-state index contributed by atoms with van der Waals surface area (Å²) in [6, 6.07) is 9.13. The fourth-order valence-corrected chi connectivity index (χ4v) is 3.29. The van der Waals surface area contributed by atoms with Gasteiger partial charge in [0.05, 0.1) is 28.4 Å². The van der Waals surface area contributed by atoms with E-state index < -0.39 is 10.5 Å². The quantitative estimate of drug-likeness (QED) is 0.540. The van der Waals surface area contributed by atoms with Crippen LogP contribution in [0.15, 0.2) is 47.4 Å². The van der Waals surface area contributed by atoms with Crippen LogP contribution in [0.5, 0.6) is 0 Å². The number of para-hydroxylation sites is 1. The average Bonchev–Trinajstić information content (AvgIpc) is 2.71. The van der Waals surface area contributed by atoms with Crippen LogP contribution in [0.25, 0.3) is 0 Å². The van der Waals surface area contributed by atoms with Crippen LogP contribution >= 0.6 is 11.6 Å². The molecule has 1 aromatic carbocycles. The van der Waals surface area contributed by atoms with Crippen LogP contribution in [-0.2, 0) is 16.1 Å². The molecule has 0 bridgehead atoms. The summed E-state index contributed by atoms with van der Waals surface area (Å²) < 4.78 is 1.03. The topological polar surface area (TPSA) is 118 Å². The molecule has 3 rings (SSSR count). The van der Waals surface area contributed by atoms with E-state index in [4.69, 9.17) is 11.6 Å². The summed E-state index contributed by atoms with van der Waals surface area (Å²) >= 11 is 6.04. The van der Waals surface area contributed by atoms with Crippen LogP contribution in [0.3, 0.4) is 0 Å². The van der Waals surface area contributed by atoms with Gasteiger partial charge < -0.3 is 10.2 Å². The normalized spacial score (nSPS) is 14.4. The molecular weight excluding hydrogens is 414 g/mol. The minimum atomic E-state index is -0.618. The Balaban J connectivity index is 1.50. The number of nitrogens with one attached hydrogen (secondary N) is 1. The number of piperazine rings is 1. The second-order valence-electron chi connectivity index (χ2n) is 6.80. The van der Waals surface area contributed by atoms with E-state index in [1.54, 1.807) is 29.2 Å². The number of amides is 2. The lowest BCUT2D eigenvalue weighted by Gasteiger charge is -2.34. The Morgan fingerprint density at radius 2 is 1.77 bits per heavy atom. The zero-order valence-corrected chi connectivity index (χ0v) is 16.7. The highest BCUT2D eigenvalue weighted by Crippen LogP contribution is 2.20. The third kappa shape index (κ3) is 5.43. The van der Waals surface area contributed by atoms with Gasteiger partial charge in [0, 0.05) is 38.3 Å². The van der Waals surface area contributed by atoms with Crippen molar-refractivity contribution in [3.63, 3.8) is 0 Å².